The molecule has 0 bridgehead atoms. The maximum atomic E-state index is 5.62. The lowest BCUT2D eigenvalue weighted by Crippen LogP contribution is -2.25. The summed E-state index contributed by atoms with van der Waals surface area (Å²) < 4.78 is 10.7. The number of nitrogens with zero attached hydrogens (tertiary/aromatic N) is 4. The number of likely N-dealkylation sites (N-methyl/N-ethyl adjacent to an activating group) is 1. The summed E-state index contributed by atoms with van der Waals surface area (Å²) in [5, 5.41) is 3.07. The molecule has 112 valence electrons. The van der Waals surface area contributed by atoms with Crippen LogP contribution in [0.25, 0.3) is 0 Å². The van der Waals surface area contributed by atoms with Gasteiger partial charge in [-0.2, -0.15) is 15.0 Å². The third kappa shape index (κ3) is 4.48. The van der Waals surface area contributed by atoms with E-state index in [0.717, 1.165) is 25.6 Å². The fourth-order valence-corrected chi connectivity index (χ4v) is 1.68. The maximum absolute atomic E-state index is 5.62. The Morgan fingerprint density at radius 2 is 2.10 bits per heavy atom. The number of methoxy groups -OCH3 is 1. The third-order valence-electron chi connectivity index (χ3n) is 3.08. The Kier molecular flexibility index (Phi) is 5.34. The zero-order valence-electron chi connectivity index (χ0n) is 12.4. The van der Waals surface area contributed by atoms with Crippen LogP contribution in [0, 0.1) is 5.92 Å². The van der Waals surface area contributed by atoms with E-state index in [9.17, 15) is 0 Å². The van der Waals surface area contributed by atoms with Crippen molar-refractivity contribution in [3.63, 3.8) is 0 Å². The summed E-state index contributed by atoms with van der Waals surface area (Å²) in [7, 11) is 3.48. The Bertz CT molecular complexity index is 425. The van der Waals surface area contributed by atoms with Crippen molar-refractivity contribution < 1.29 is 9.47 Å². The van der Waals surface area contributed by atoms with Gasteiger partial charge in [-0.25, -0.2) is 0 Å². The van der Waals surface area contributed by atoms with Gasteiger partial charge in [-0.3, -0.25) is 0 Å². The number of ether oxygens (including phenoxy) is 2. The number of hydrogen-bond acceptors (Lipinski definition) is 7. The predicted octanol–water partition coefficient (Wildman–Crippen LogP) is 1.17. The lowest BCUT2D eigenvalue weighted by molar-refractivity contribution is 0.130. The predicted molar refractivity (Wildman–Crippen MR) is 77.4 cm³/mol. The van der Waals surface area contributed by atoms with Crippen LogP contribution < -0.4 is 15.0 Å². The molecule has 7 heteroatoms. The molecule has 0 aliphatic heterocycles. The molecule has 1 fully saturated rings. The van der Waals surface area contributed by atoms with Crippen LogP contribution in [0.4, 0.5) is 11.9 Å². The van der Waals surface area contributed by atoms with Crippen LogP contribution in [-0.4, -0.2) is 55.4 Å². The summed E-state index contributed by atoms with van der Waals surface area (Å²) in [5.41, 5.74) is 0. The van der Waals surface area contributed by atoms with Gasteiger partial charge in [-0.05, 0) is 25.7 Å². The number of hydrogen-bond donors (Lipinski definition) is 1. The number of aromatic nitrogens is 3. The Balaban J connectivity index is 1.88. The lowest BCUT2D eigenvalue weighted by atomic mass is 10.5. The van der Waals surface area contributed by atoms with Gasteiger partial charge in [-0.15, -0.1) is 0 Å². The van der Waals surface area contributed by atoms with Crippen LogP contribution >= 0.6 is 0 Å². The van der Waals surface area contributed by atoms with E-state index in [1.54, 1.807) is 7.11 Å². The molecule has 1 saturated carbocycles. The molecule has 0 aromatic carbocycles. The monoisotopic (exact) mass is 281 g/mol. The van der Waals surface area contributed by atoms with Gasteiger partial charge < -0.3 is 19.7 Å². The first-order valence-corrected chi connectivity index (χ1v) is 7.05. The first-order chi connectivity index (χ1) is 9.72. The van der Waals surface area contributed by atoms with Gasteiger partial charge in [0.1, 0.15) is 0 Å². The molecular formula is C13H23N5O2. The van der Waals surface area contributed by atoms with Crippen molar-refractivity contribution in [2.45, 2.75) is 19.8 Å². The Labute approximate surface area is 119 Å². The minimum atomic E-state index is 0.316. The molecule has 20 heavy (non-hydrogen) atoms. The summed E-state index contributed by atoms with van der Waals surface area (Å²) in [6.07, 6.45) is 2.62. The second-order valence-corrected chi connectivity index (χ2v) is 4.92. The normalized spacial score (nSPS) is 14.2. The van der Waals surface area contributed by atoms with Gasteiger partial charge in [-0.1, -0.05) is 0 Å². The first kappa shape index (κ1) is 14.8. The second kappa shape index (κ2) is 7.23. The molecule has 0 atom stereocenters. The van der Waals surface area contributed by atoms with Gasteiger partial charge >= 0.3 is 6.01 Å². The summed E-state index contributed by atoms with van der Waals surface area (Å²) >= 11 is 0. The van der Waals surface area contributed by atoms with E-state index >= 15 is 0 Å². The summed E-state index contributed by atoms with van der Waals surface area (Å²) in [6.45, 7) is 5.03. The van der Waals surface area contributed by atoms with Crippen molar-refractivity contribution in [3.8, 4) is 6.01 Å². The minimum absolute atomic E-state index is 0.316. The quantitative estimate of drug-likeness (QED) is 0.681. The molecule has 7 nitrogen and oxygen atoms in total. The minimum Gasteiger partial charge on any atom is -0.467 e. The van der Waals surface area contributed by atoms with E-state index in [-0.39, 0.29) is 0 Å². The summed E-state index contributed by atoms with van der Waals surface area (Å²) in [4.78, 5) is 14.7. The van der Waals surface area contributed by atoms with Crippen molar-refractivity contribution in [3.05, 3.63) is 0 Å². The largest absolute Gasteiger partial charge is 0.467 e. The van der Waals surface area contributed by atoms with E-state index in [1.165, 1.54) is 12.8 Å². The van der Waals surface area contributed by atoms with Gasteiger partial charge in [0.2, 0.25) is 11.9 Å². The van der Waals surface area contributed by atoms with Crippen molar-refractivity contribution in [2.24, 2.45) is 5.92 Å². The van der Waals surface area contributed by atoms with Gasteiger partial charge in [0.05, 0.1) is 13.7 Å². The van der Waals surface area contributed by atoms with Crippen molar-refractivity contribution >= 4 is 11.9 Å². The van der Waals surface area contributed by atoms with Gasteiger partial charge in [0.25, 0.3) is 0 Å². The van der Waals surface area contributed by atoms with Crippen LogP contribution in [-0.2, 0) is 4.74 Å². The molecule has 1 aromatic heterocycles. The van der Waals surface area contributed by atoms with Crippen molar-refractivity contribution in [2.75, 3.05) is 50.7 Å². The fourth-order valence-electron chi connectivity index (χ4n) is 1.68. The molecule has 0 spiro atoms. The van der Waals surface area contributed by atoms with Crippen molar-refractivity contribution in [1.82, 2.24) is 15.0 Å². The van der Waals surface area contributed by atoms with E-state index in [4.69, 9.17) is 9.47 Å². The highest BCUT2D eigenvalue weighted by molar-refractivity contribution is 5.37. The van der Waals surface area contributed by atoms with Crippen molar-refractivity contribution in [1.29, 1.82) is 0 Å². The average Bonchev–Trinajstić information content (AvgIpc) is 3.27. The molecule has 1 aromatic rings. The highest BCUT2D eigenvalue weighted by Crippen LogP contribution is 2.28. The highest BCUT2D eigenvalue weighted by atomic mass is 16.5. The van der Waals surface area contributed by atoms with Crippen LogP contribution in [0.1, 0.15) is 19.8 Å². The molecule has 0 amide bonds. The standard InChI is InChI=1S/C13H23N5O2/c1-4-14-11-15-12(17-13(16-11)19-3)18(2)7-8-20-9-10-5-6-10/h10H,4-9H2,1-3H3,(H,14,15,16,17). The highest BCUT2D eigenvalue weighted by Gasteiger charge is 2.21. The zero-order chi connectivity index (χ0) is 14.4. The SMILES string of the molecule is CCNc1nc(OC)nc(N(C)CCOCC2CC2)n1. The maximum Gasteiger partial charge on any atom is 0.322 e. The first-order valence-electron chi connectivity index (χ1n) is 7.05. The number of anilines is 2. The van der Waals surface area contributed by atoms with Crippen LogP contribution in [0.3, 0.4) is 0 Å². The van der Waals surface area contributed by atoms with Crippen LogP contribution in [0.2, 0.25) is 0 Å². The molecule has 1 heterocycles. The number of rotatable bonds is 9. The molecule has 1 aliphatic rings. The van der Waals surface area contributed by atoms with E-state index in [2.05, 4.69) is 20.3 Å². The fraction of sp³-hybridized carbons (Fsp3) is 0.769. The topological polar surface area (TPSA) is 72.4 Å². The second-order valence-electron chi connectivity index (χ2n) is 4.92. The average molecular weight is 281 g/mol. The molecular weight excluding hydrogens is 258 g/mol. The number of nitrogens with one attached hydrogen (secondary N) is 1. The van der Waals surface area contributed by atoms with E-state index in [1.807, 2.05) is 18.9 Å². The molecule has 1 aliphatic carbocycles. The zero-order valence-corrected chi connectivity index (χ0v) is 12.4. The molecule has 2 rings (SSSR count). The Morgan fingerprint density at radius 3 is 2.75 bits per heavy atom. The third-order valence-corrected chi connectivity index (χ3v) is 3.08. The summed E-state index contributed by atoms with van der Waals surface area (Å²) in [5.74, 6) is 1.90. The summed E-state index contributed by atoms with van der Waals surface area (Å²) in [6, 6.07) is 0.316. The molecule has 0 radical (unpaired) electrons. The van der Waals surface area contributed by atoms with Gasteiger partial charge in [0, 0.05) is 26.7 Å². The molecule has 0 saturated heterocycles. The molecule has 0 unspecified atom stereocenters. The van der Waals surface area contributed by atoms with Crippen LogP contribution in [0.5, 0.6) is 6.01 Å². The van der Waals surface area contributed by atoms with Gasteiger partial charge in [0.15, 0.2) is 0 Å². The van der Waals surface area contributed by atoms with Crippen LogP contribution in [0.15, 0.2) is 0 Å². The lowest BCUT2D eigenvalue weighted by Gasteiger charge is -2.18. The molecule has 1 N–H and O–H groups in total. The smallest absolute Gasteiger partial charge is 0.322 e. The Hall–Kier alpha value is -1.63. The van der Waals surface area contributed by atoms with E-state index < -0.39 is 0 Å². The Morgan fingerprint density at radius 1 is 1.30 bits per heavy atom. The van der Waals surface area contributed by atoms with E-state index in [0.29, 0.717) is 24.5 Å².